The summed E-state index contributed by atoms with van der Waals surface area (Å²) in [5.74, 6) is -0.224. The number of amides is 2. The van der Waals surface area contributed by atoms with Gasteiger partial charge in [0.25, 0.3) is 0 Å². The molecule has 2 aliphatic rings. The maximum absolute atomic E-state index is 12.9. The van der Waals surface area contributed by atoms with Crippen LogP contribution in [0, 0.1) is 13.8 Å². The minimum absolute atomic E-state index is 0.0676. The van der Waals surface area contributed by atoms with Gasteiger partial charge < -0.3 is 25.2 Å². The van der Waals surface area contributed by atoms with E-state index in [2.05, 4.69) is 30.8 Å². The number of carbonyl (C=O) groups is 3. The number of nitrogens with two attached hydrogens (primary N) is 1. The first-order valence-electron chi connectivity index (χ1n) is 13.0. The van der Waals surface area contributed by atoms with Crippen LogP contribution >= 0.6 is 0 Å². The number of hydrogen-bond acceptors (Lipinski definition) is 9. The van der Waals surface area contributed by atoms with E-state index in [1.54, 1.807) is 22.0 Å². The molecule has 5 rings (SSSR count). The SMILES string of the molecule is Cc1cc(C)n(CC(=O)N2CCN(c3ccccc3-c3cnc(N4CCCC4C(=O)OC(N)=O)nc3)CC2)n1. The molecule has 12 heteroatoms. The third-order valence-corrected chi connectivity index (χ3v) is 7.20. The van der Waals surface area contributed by atoms with E-state index in [4.69, 9.17) is 5.73 Å². The first-order valence-corrected chi connectivity index (χ1v) is 13.0. The fourth-order valence-corrected chi connectivity index (χ4v) is 5.28. The largest absolute Gasteiger partial charge is 0.412 e. The number of nitrogens with zero attached hydrogens (tertiary/aromatic N) is 7. The molecule has 2 aromatic heterocycles. The van der Waals surface area contributed by atoms with Gasteiger partial charge in [-0.25, -0.2) is 19.6 Å². The molecular formula is C27H32N8O4. The van der Waals surface area contributed by atoms with Gasteiger partial charge in [-0.05, 0) is 38.8 Å². The molecule has 1 unspecified atom stereocenters. The van der Waals surface area contributed by atoms with E-state index in [0.717, 1.165) is 34.6 Å². The molecule has 0 radical (unpaired) electrons. The number of anilines is 2. The van der Waals surface area contributed by atoms with Crippen LogP contribution in [0.3, 0.4) is 0 Å². The van der Waals surface area contributed by atoms with Crippen molar-refractivity contribution in [2.45, 2.75) is 39.3 Å². The number of ether oxygens (including phenoxy) is 1. The molecule has 1 aromatic carbocycles. The number of rotatable bonds is 6. The number of carbonyl (C=O) groups excluding carboxylic acids is 3. The topological polar surface area (TPSA) is 140 Å². The number of piperazine rings is 1. The number of primary amides is 1. The molecule has 0 spiro atoms. The van der Waals surface area contributed by atoms with Gasteiger partial charge in [0.05, 0.1) is 5.69 Å². The highest BCUT2D eigenvalue weighted by atomic mass is 16.6. The van der Waals surface area contributed by atoms with Gasteiger partial charge in [0, 0.05) is 67.6 Å². The summed E-state index contributed by atoms with van der Waals surface area (Å²) in [4.78, 5) is 51.1. The van der Waals surface area contributed by atoms with Gasteiger partial charge in [-0.15, -0.1) is 0 Å². The van der Waals surface area contributed by atoms with Crippen LogP contribution in [0.1, 0.15) is 24.2 Å². The van der Waals surface area contributed by atoms with Crippen molar-refractivity contribution in [1.29, 1.82) is 0 Å². The third kappa shape index (κ3) is 5.69. The zero-order valence-electron chi connectivity index (χ0n) is 22.1. The van der Waals surface area contributed by atoms with Gasteiger partial charge in [-0.2, -0.15) is 5.10 Å². The first-order chi connectivity index (χ1) is 18.8. The molecule has 2 N–H and O–H groups in total. The summed E-state index contributed by atoms with van der Waals surface area (Å²) in [7, 11) is 0. The average molecular weight is 533 g/mol. The van der Waals surface area contributed by atoms with Crippen LogP contribution in [0.25, 0.3) is 11.1 Å². The second kappa shape index (κ2) is 11.1. The number of para-hydroxylation sites is 1. The first kappa shape index (κ1) is 26.1. The molecule has 204 valence electrons. The number of aromatic nitrogens is 4. The highest BCUT2D eigenvalue weighted by Crippen LogP contribution is 2.32. The molecule has 0 saturated carbocycles. The molecule has 12 nitrogen and oxygen atoms in total. The van der Waals surface area contributed by atoms with E-state index in [1.807, 2.05) is 43.0 Å². The van der Waals surface area contributed by atoms with Gasteiger partial charge >= 0.3 is 12.1 Å². The Morgan fingerprint density at radius 2 is 1.74 bits per heavy atom. The Morgan fingerprint density at radius 3 is 2.41 bits per heavy atom. The van der Waals surface area contributed by atoms with Crippen molar-refractivity contribution >= 4 is 29.6 Å². The molecule has 2 fully saturated rings. The van der Waals surface area contributed by atoms with Crippen LogP contribution in [-0.2, 0) is 20.9 Å². The Morgan fingerprint density at radius 1 is 1.03 bits per heavy atom. The van der Waals surface area contributed by atoms with E-state index in [-0.39, 0.29) is 12.5 Å². The second-order valence-corrected chi connectivity index (χ2v) is 9.83. The Bertz CT molecular complexity index is 1360. The van der Waals surface area contributed by atoms with Crippen molar-refractivity contribution in [2.24, 2.45) is 5.73 Å². The zero-order valence-corrected chi connectivity index (χ0v) is 22.1. The molecule has 0 aliphatic carbocycles. The zero-order chi connectivity index (χ0) is 27.5. The van der Waals surface area contributed by atoms with Gasteiger partial charge in [0.1, 0.15) is 12.6 Å². The summed E-state index contributed by atoms with van der Waals surface area (Å²) in [6.45, 7) is 7.37. The Balaban J connectivity index is 1.26. The average Bonchev–Trinajstić information content (AvgIpc) is 3.54. The van der Waals surface area contributed by atoms with Gasteiger partial charge in [-0.3, -0.25) is 9.48 Å². The summed E-state index contributed by atoms with van der Waals surface area (Å²) in [5, 5.41) is 4.41. The van der Waals surface area contributed by atoms with Crippen LogP contribution in [0.4, 0.5) is 16.4 Å². The lowest BCUT2D eigenvalue weighted by Crippen LogP contribution is -2.49. The van der Waals surface area contributed by atoms with Crippen molar-refractivity contribution in [3.8, 4) is 11.1 Å². The third-order valence-electron chi connectivity index (χ3n) is 7.20. The number of hydrogen-bond donors (Lipinski definition) is 1. The monoisotopic (exact) mass is 532 g/mol. The summed E-state index contributed by atoms with van der Waals surface area (Å²) >= 11 is 0. The number of aryl methyl sites for hydroxylation is 2. The summed E-state index contributed by atoms with van der Waals surface area (Å²) < 4.78 is 6.35. The Hall–Kier alpha value is -4.48. The van der Waals surface area contributed by atoms with E-state index < -0.39 is 18.1 Å². The number of benzene rings is 1. The van der Waals surface area contributed by atoms with Crippen molar-refractivity contribution in [1.82, 2.24) is 24.6 Å². The molecule has 2 saturated heterocycles. The molecule has 39 heavy (non-hydrogen) atoms. The summed E-state index contributed by atoms with van der Waals surface area (Å²) in [6, 6.07) is 9.38. The lowest BCUT2D eigenvalue weighted by Gasteiger charge is -2.37. The predicted octanol–water partition coefficient (Wildman–Crippen LogP) is 1.90. The molecule has 2 aliphatic heterocycles. The minimum atomic E-state index is -1.12. The van der Waals surface area contributed by atoms with Gasteiger partial charge in [-0.1, -0.05) is 18.2 Å². The quantitative estimate of drug-likeness (QED) is 0.372. The Labute approximate surface area is 226 Å². The highest BCUT2D eigenvalue weighted by Gasteiger charge is 2.34. The molecule has 3 aromatic rings. The van der Waals surface area contributed by atoms with Crippen molar-refractivity contribution in [3.63, 3.8) is 0 Å². The maximum atomic E-state index is 12.9. The van der Waals surface area contributed by atoms with Crippen molar-refractivity contribution in [2.75, 3.05) is 42.5 Å². The molecular weight excluding hydrogens is 500 g/mol. The molecule has 1 atom stereocenters. The van der Waals surface area contributed by atoms with Crippen LogP contribution in [-0.4, -0.2) is 81.4 Å². The predicted molar refractivity (Wildman–Crippen MR) is 144 cm³/mol. The Kier molecular flexibility index (Phi) is 7.44. The smallest absolute Gasteiger partial charge is 0.375 e. The van der Waals surface area contributed by atoms with Gasteiger partial charge in [0.15, 0.2) is 0 Å². The highest BCUT2D eigenvalue weighted by molar-refractivity contribution is 5.89. The lowest BCUT2D eigenvalue weighted by molar-refractivity contribution is -0.138. The summed E-state index contributed by atoms with van der Waals surface area (Å²) in [6.07, 6.45) is 3.65. The number of esters is 1. The molecule has 4 heterocycles. The normalized spacial score (nSPS) is 17.4. The second-order valence-electron chi connectivity index (χ2n) is 9.83. The van der Waals surface area contributed by atoms with Crippen LogP contribution in [0.2, 0.25) is 0 Å². The van der Waals surface area contributed by atoms with E-state index in [9.17, 15) is 14.4 Å². The fraction of sp³-hybridized carbons (Fsp3) is 0.407. The lowest BCUT2D eigenvalue weighted by atomic mass is 10.1. The molecule has 0 bridgehead atoms. The van der Waals surface area contributed by atoms with Crippen molar-refractivity contribution in [3.05, 3.63) is 54.1 Å². The van der Waals surface area contributed by atoms with Crippen molar-refractivity contribution < 1.29 is 19.1 Å². The maximum Gasteiger partial charge on any atom is 0.412 e. The summed E-state index contributed by atoms with van der Waals surface area (Å²) in [5.41, 5.74) is 9.76. The minimum Gasteiger partial charge on any atom is -0.375 e. The van der Waals surface area contributed by atoms with Gasteiger partial charge in [0.2, 0.25) is 11.9 Å². The standard InChI is InChI=1S/C27H32N8O4/c1-18-14-19(2)35(31-18)17-24(36)33-12-10-32(11-13-33)22-7-4-3-6-21(22)20-15-29-27(30-16-20)34-9-5-8-23(34)25(37)39-26(28)38/h3-4,6-7,14-16,23H,5,8-13,17H2,1-2H3,(H2,28,38). The van der Waals surface area contributed by atoms with Crippen LogP contribution in [0.15, 0.2) is 42.7 Å². The van der Waals surface area contributed by atoms with E-state index in [0.29, 0.717) is 45.1 Å². The fourth-order valence-electron chi connectivity index (χ4n) is 5.28. The van der Waals surface area contributed by atoms with Crippen LogP contribution < -0.4 is 15.5 Å². The van der Waals surface area contributed by atoms with Crippen LogP contribution in [0.5, 0.6) is 0 Å². The van der Waals surface area contributed by atoms with E-state index >= 15 is 0 Å². The molecule has 2 amide bonds. The van der Waals surface area contributed by atoms with E-state index in [1.165, 1.54) is 0 Å².